The highest BCUT2D eigenvalue weighted by Gasteiger charge is 2.22. The van der Waals surface area contributed by atoms with Crippen molar-refractivity contribution in [2.24, 2.45) is 0 Å². The van der Waals surface area contributed by atoms with Gasteiger partial charge in [-0.1, -0.05) is 30.0 Å². The predicted molar refractivity (Wildman–Crippen MR) is 74.7 cm³/mol. The van der Waals surface area contributed by atoms with Gasteiger partial charge in [-0.05, 0) is 26.0 Å². The standard InChI is InChI=1S/C16H15FO4/c1-3-20-15(18)13(14(17)16(19)21-4-2)11-10-12-8-6-5-7-9-12/h5-9H,3-4H2,1-2H3/b14-13-. The topological polar surface area (TPSA) is 52.6 Å². The number of carbonyl (C=O) groups excluding carboxylic acids is 2. The van der Waals surface area contributed by atoms with Gasteiger partial charge in [-0.25, -0.2) is 9.59 Å². The lowest BCUT2D eigenvalue weighted by atomic mass is 10.2. The molecule has 0 unspecified atom stereocenters. The normalized spacial score (nSPS) is 10.8. The third-order valence-electron chi connectivity index (χ3n) is 2.26. The molecule has 0 atom stereocenters. The molecule has 5 heteroatoms. The molecule has 0 saturated carbocycles. The molecular weight excluding hydrogens is 275 g/mol. The summed E-state index contributed by atoms with van der Waals surface area (Å²) < 4.78 is 23.1. The van der Waals surface area contributed by atoms with E-state index in [0.29, 0.717) is 5.56 Å². The molecule has 0 aliphatic carbocycles. The summed E-state index contributed by atoms with van der Waals surface area (Å²) in [7, 11) is 0. The molecule has 110 valence electrons. The van der Waals surface area contributed by atoms with E-state index < -0.39 is 23.3 Å². The van der Waals surface area contributed by atoms with E-state index in [4.69, 9.17) is 4.74 Å². The molecule has 0 saturated heterocycles. The molecule has 0 spiro atoms. The fourth-order valence-electron chi connectivity index (χ4n) is 1.35. The second-order valence-corrected chi connectivity index (χ2v) is 3.75. The Morgan fingerprint density at radius 3 is 2.19 bits per heavy atom. The number of rotatable bonds is 4. The first-order valence-corrected chi connectivity index (χ1v) is 6.41. The Hall–Kier alpha value is -2.61. The molecule has 4 nitrogen and oxygen atoms in total. The van der Waals surface area contributed by atoms with Crippen molar-refractivity contribution in [3.8, 4) is 11.8 Å². The van der Waals surface area contributed by atoms with Crippen LogP contribution in [-0.2, 0) is 19.1 Å². The number of hydrogen-bond acceptors (Lipinski definition) is 4. The number of carbonyl (C=O) groups is 2. The van der Waals surface area contributed by atoms with Gasteiger partial charge in [-0.15, -0.1) is 0 Å². The number of halogens is 1. The van der Waals surface area contributed by atoms with Crippen molar-refractivity contribution in [3.63, 3.8) is 0 Å². The van der Waals surface area contributed by atoms with Crippen LogP contribution in [-0.4, -0.2) is 25.2 Å². The zero-order chi connectivity index (χ0) is 15.7. The Kier molecular flexibility index (Phi) is 6.69. The van der Waals surface area contributed by atoms with Crippen molar-refractivity contribution in [2.75, 3.05) is 13.2 Å². The molecular formula is C16H15FO4. The van der Waals surface area contributed by atoms with E-state index in [9.17, 15) is 14.0 Å². The first-order chi connectivity index (χ1) is 10.1. The Bertz CT molecular complexity index is 594. The summed E-state index contributed by atoms with van der Waals surface area (Å²) in [5.41, 5.74) is -0.0601. The second-order valence-electron chi connectivity index (χ2n) is 3.75. The van der Waals surface area contributed by atoms with Crippen molar-refractivity contribution >= 4 is 11.9 Å². The molecule has 1 aromatic rings. The van der Waals surface area contributed by atoms with E-state index >= 15 is 0 Å². The fourth-order valence-corrected chi connectivity index (χ4v) is 1.35. The lowest BCUT2D eigenvalue weighted by Crippen LogP contribution is -2.13. The molecule has 0 aliphatic heterocycles. The number of esters is 2. The lowest BCUT2D eigenvalue weighted by Gasteiger charge is -2.03. The van der Waals surface area contributed by atoms with Crippen LogP contribution in [0, 0.1) is 11.8 Å². The van der Waals surface area contributed by atoms with E-state index in [1.807, 2.05) is 0 Å². The number of ether oxygens (including phenoxy) is 2. The number of benzene rings is 1. The van der Waals surface area contributed by atoms with Crippen LogP contribution in [0.5, 0.6) is 0 Å². The van der Waals surface area contributed by atoms with Crippen molar-refractivity contribution in [1.82, 2.24) is 0 Å². The zero-order valence-electron chi connectivity index (χ0n) is 11.8. The van der Waals surface area contributed by atoms with Gasteiger partial charge < -0.3 is 9.47 Å². The van der Waals surface area contributed by atoms with Crippen LogP contribution >= 0.6 is 0 Å². The van der Waals surface area contributed by atoms with Gasteiger partial charge in [0.2, 0.25) is 5.83 Å². The Balaban J connectivity index is 3.15. The van der Waals surface area contributed by atoms with Crippen LogP contribution in [0.2, 0.25) is 0 Å². The fraction of sp³-hybridized carbons (Fsp3) is 0.250. The second kappa shape index (κ2) is 8.54. The molecule has 0 fully saturated rings. The maximum Gasteiger partial charge on any atom is 0.368 e. The van der Waals surface area contributed by atoms with Crippen LogP contribution < -0.4 is 0 Å². The maximum absolute atomic E-state index is 13.9. The highest BCUT2D eigenvalue weighted by molar-refractivity contribution is 6.02. The number of hydrogen-bond donors (Lipinski definition) is 0. The monoisotopic (exact) mass is 290 g/mol. The van der Waals surface area contributed by atoms with E-state index in [-0.39, 0.29) is 13.2 Å². The molecule has 1 aromatic carbocycles. The van der Waals surface area contributed by atoms with E-state index in [1.54, 1.807) is 37.3 Å². The third kappa shape index (κ3) is 5.11. The van der Waals surface area contributed by atoms with Crippen LogP contribution in [0.15, 0.2) is 41.7 Å². The first kappa shape index (κ1) is 16.4. The molecule has 0 aromatic heterocycles. The summed E-state index contributed by atoms with van der Waals surface area (Å²) in [6, 6.07) is 8.68. The summed E-state index contributed by atoms with van der Waals surface area (Å²) in [6.45, 7) is 3.15. The van der Waals surface area contributed by atoms with Crippen LogP contribution in [0.4, 0.5) is 4.39 Å². The Morgan fingerprint density at radius 1 is 1.05 bits per heavy atom. The third-order valence-corrected chi connectivity index (χ3v) is 2.26. The van der Waals surface area contributed by atoms with Crippen LogP contribution in [0.3, 0.4) is 0 Å². The van der Waals surface area contributed by atoms with E-state index in [0.717, 1.165) is 0 Å². The maximum atomic E-state index is 13.9. The Morgan fingerprint density at radius 2 is 1.62 bits per heavy atom. The first-order valence-electron chi connectivity index (χ1n) is 6.41. The minimum Gasteiger partial charge on any atom is -0.462 e. The highest BCUT2D eigenvalue weighted by atomic mass is 19.1. The smallest absolute Gasteiger partial charge is 0.368 e. The summed E-state index contributed by atoms with van der Waals surface area (Å²) in [4.78, 5) is 23.1. The van der Waals surface area contributed by atoms with E-state index in [2.05, 4.69) is 16.6 Å². The van der Waals surface area contributed by atoms with Crippen molar-refractivity contribution in [3.05, 3.63) is 47.3 Å². The average molecular weight is 290 g/mol. The lowest BCUT2D eigenvalue weighted by molar-refractivity contribution is -0.142. The van der Waals surface area contributed by atoms with Gasteiger partial charge in [-0.3, -0.25) is 0 Å². The molecule has 1 rings (SSSR count). The highest BCUT2D eigenvalue weighted by Crippen LogP contribution is 2.11. The average Bonchev–Trinajstić information content (AvgIpc) is 2.49. The van der Waals surface area contributed by atoms with Crippen molar-refractivity contribution in [1.29, 1.82) is 0 Å². The summed E-state index contributed by atoms with van der Waals surface area (Å²) >= 11 is 0. The summed E-state index contributed by atoms with van der Waals surface area (Å²) in [6.07, 6.45) is 0. The minimum absolute atomic E-state index is 0.00548. The zero-order valence-corrected chi connectivity index (χ0v) is 11.8. The van der Waals surface area contributed by atoms with Gasteiger partial charge in [0.05, 0.1) is 13.2 Å². The van der Waals surface area contributed by atoms with Gasteiger partial charge in [0, 0.05) is 5.56 Å². The minimum atomic E-state index is -1.35. The molecule has 0 amide bonds. The van der Waals surface area contributed by atoms with E-state index in [1.165, 1.54) is 6.92 Å². The SMILES string of the molecule is CCOC(=O)/C(F)=C(\C#Cc1ccccc1)C(=O)OCC. The van der Waals surface area contributed by atoms with Gasteiger partial charge >= 0.3 is 11.9 Å². The van der Waals surface area contributed by atoms with Gasteiger partial charge in [0.1, 0.15) is 0 Å². The molecule has 0 bridgehead atoms. The molecule has 0 radical (unpaired) electrons. The van der Waals surface area contributed by atoms with Gasteiger partial charge in [-0.2, -0.15) is 4.39 Å². The molecule has 0 heterocycles. The Labute approximate surface area is 122 Å². The largest absolute Gasteiger partial charge is 0.462 e. The summed E-state index contributed by atoms with van der Waals surface area (Å²) in [5.74, 6) is 1.37. The van der Waals surface area contributed by atoms with Crippen LogP contribution in [0.1, 0.15) is 19.4 Å². The predicted octanol–water partition coefficient (Wildman–Crippen LogP) is 2.39. The quantitative estimate of drug-likeness (QED) is 0.485. The van der Waals surface area contributed by atoms with Crippen molar-refractivity contribution < 1.29 is 23.5 Å². The van der Waals surface area contributed by atoms with Crippen molar-refractivity contribution in [2.45, 2.75) is 13.8 Å². The molecule has 21 heavy (non-hydrogen) atoms. The van der Waals surface area contributed by atoms with Gasteiger partial charge in [0.15, 0.2) is 5.57 Å². The van der Waals surface area contributed by atoms with Gasteiger partial charge in [0.25, 0.3) is 0 Å². The summed E-state index contributed by atoms with van der Waals surface area (Å²) in [5, 5.41) is 0. The molecule has 0 N–H and O–H groups in total. The molecule has 0 aliphatic rings. The van der Waals surface area contributed by atoms with Crippen LogP contribution in [0.25, 0.3) is 0 Å².